The van der Waals surface area contributed by atoms with Crippen LogP contribution in [-0.2, 0) is 9.84 Å². The molecule has 10 heteroatoms. The average Bonchev–Trinajstić information content (AvgIpc) is 2.49. The van der Waals surface area contributed by atoms with Gasteiger partial charge in [0.05, 0.1) is 9.82 Å². The molecular weight excluding hydrogens is 350 g/mol. The Morgan fingerprint density at radius 3 is 2.61 bits per heavy atom. The van der Waals surface area contributed by atoms with Crippen LogP contribution in [0.3, 0.4) is 0 Å². The van der Waals surface area contributed by atoms with Gasteiger partial charge < -0.3 is 4.90 Å². The largest absolute Gasteiger partial charge is 0.361 e. The average molecular weight is 366 g/mol. The summed E-state index contributed by atoms with van der Waals surface area (Å²) < 4.78 is 48.3. The predicted molar refractivity (Wildman–Crippen MR) is 85.0 cm³/mol. The van der Waals surface area contributed by atoms with Gasteiger partial charge in [-0.15, -0.1) is 0 Å². The summed E-state index contributed by atoms with van der Waals surface area (Å²) in [6.07, 6.45) is 0. The molecule has 0 bridgehead atoms. The number of rotatable bonds is 4. The van der Waals surface area contributed by atoms with Crippen LogP contribution >= 0.6 is 11.8 Å². The normalized spacial score (nSPS) is 22.4. The topological polar surface area (TPSA) is 80.5 Å². The van der Waals surface area contributed by atoms with Gasteiger partial charge in [-0.25, -0.2) is 8.42 Å². The van der Waals surface area contributed by atoms with Crippen molar-refractivity contribution in [3.05, 3.63) is 28.3 Å². The van der Waals surface area contributed by atoms with Crippen LogP contribution in [0, 0.1) is 10.1 Å². The van der Waals surface area contributed by atoms with Crippen molar-refractivity contribution in [1.82, 2.24) is 0 Å². The fourth-order valence-electron chi connectivity index (χ4n) is 2.45. The number of thioether (sulfide) groups is 1. The SMILES string of the molecule is CC1SCCN(c2ccc(S(=O)(=O)C(F)F)cc2[N+](=O)[O-])C1C. The summed E-state index contributed by atoms with van der Waals surface area (Å²) in [6, 6.07) is 2.97. The first-order valence-corrected chi connectivity index (χ1v) is 9.44. The smallest absolute Gasteiger partial charge is 0.341 e. The minimum atomic E-state index is -4.87. The van der Waals surface area contributed by atoms with Gasteiger partial charge in [0.15, 0.2) is 0 Å². The third-order valence-electron chi connectivity index (χ3n) is 3.90. The summed E-state index contributed by atoms with van der Waals surface area (Å²) in [5, 5.41) is 11.5. The van der Waals surface area contributed by atoms with E-state index in [4.69, 9.17) is 0 Å². The number of nitro benzene ring substituents is 1. The van der Waals surface area contributed by atoms with Crippen LogP contribution in [-0.4, -0.2) is 42.7 Å². The third kappa shape index (κ3) is 3.42. The molecule has 0 N–H and O–H groups in total. The van der Waals surface area contributed by atoms with Crippen LogP contribution in [0.5, 0.6) is 0 Å². The number of hydrogen-bond acceptors (Lipinski definition) is 6. The Bertz CT molecular complexity index is 712. The zero-order valence-electron chi connectivity index (χ0n) is 12.5. The Morgan fingerprint density at radius 2 is 2.04 bits per heavy atom. The number of hydrogen-bond donors (Lipinski definition) is 0. The van der Waals surface area contributed by atoms with E-state index in [2.05, 4.69) is 0 Å². The first-order chi connectivity index (χ1) is 10.7. The fraction of sp³-hybridized carbons (Fsp3) is 0.538. The van der Waals surface area contributed by atoms with Crippen LogP contribution in [0.2, 0.25) is 0 Å². The van der Waals surface area contributed by atoms with Crippen LogP contribution in [0.25, 0.3) is 0 Å². The quantitative estimate of drug-likeness (QED) is 0.602. The molecule has 6 nitrogen and oxygen atoms in total. The zero-order chi connectivity index (χ0) is 17.4. The van der Waals surface area contributed by atoms with Crippen LogP contribution in [0.4, 0.5) is 20.2 Å². The van der Waals surface area contributed by atoms with E-state index in [9.17, 15) is 27.3 Å². The van der Waals surface area contributed by atoms with E-state index in [1.54, 1.807) is 11.8 Å². The Balaban J connectivity index is 2.52. The maximum atomic E-state index is 12.6. The van der Waals surface area contributed by atoms with Crippen molar-refractivity contribution >= 4 is 33.0 Å². The molecule has 0 radical (unpaired) electrons. The number of alkyl halides is 2. The number of sulfone groups is 1. The van der Waals surface area contributed by atoms with Crippen molar-refractivity contribution in [2.75, 3.05) is 17.2 Å². The van der Waals surface area contributed by atoms with Crippen molar-refractivity contribution in [3.8, 4) is 0 Å². The minimum absolute atomic E-state index is 0.00464. The van der Waals surface area contributed by atoms with E-state index >= 15 is 0 Å². The molecular formula is C13H16F2N2O4S2. The lowest BCUT2D eigenvalue weighted by Gasteiger charge is -2.38. The summed E-state index contributed by atoms with van der Waals surface area (Å²) in [7, 11) is -4.87. The summed E-state index contributed by atoms with van der Waals surface area (Å²) in [6.45, 7) is 4.49. The molecule has 1 aliphatic rings. The Kier molecular flexibility index (Phi) is 5.14. The lowest BCUT2D eigenvalue weighted by Crippen LogP contribution is -2.45. The lowest BCUT2D eigenvalue weighted by molar-refractivity contribution is -0.384. The van der Waals surface area contributed by atoms with Gasteiger partial charge in [-0.3, -0.25) is 10.1 Å². The van der Waals surface area contributed by atoms with Crippen molar-refractivity contribution in [2.24, 2.45) is 0 Å². The molecule has 1 aliphatic heterocycles. The first-order valence-electron chi connectivity index (χ1n) is 6.85. The van der Waals surface area contributed by atoms with Gasteiger partial charge in [-0.05, 0) is 19.1 Å². The highest BCUT2D eigenvalue weighted by atomic mass is 32.2. The van der Waals surface area contributed by atoms with E-state index < -0.39 is 31.1 Å². The standard InChI is InChI=1S/C13H16F2N2O4S2/c1-8-9(2)22-6-5-16(8)11-4-3-10(7-12(11)17(18)19)23(20,21)13(14)15/h3-4,7-9,13H,5-6H2,1-2H3. The molecule has 1 fully saturated rings. The molecule has 2 unspecified atom stereocenters. The second-order valence-electron chi connectivity index (χ2n) is 5.22. The van der Waals surface area contributed by atoms with E-state index in [1.807, 2.05) is 18.7 Å². The van der Waals surface area contributed by atoms with E-state index in [0.717, 1.165) is 17.9 Å². The van der Waals surface area contributed by atoms with E-state index in [1.165, 1.54) is 6.07 Å². The number of nitro groups is 1. The van der Waals surface area contributed by atoms with Gasteiger partial charge in [-0.1, -0.05) is 6.92 Å². The molecule has 0 saturated carbocycles. The number of benzene rings is 1. The minimum Gasteiger partial charge on any atom is -0.361 e. The first kappa shape index (κ1) is 17.9. The molecule has 1 saturated heterocycles. The molecule has 0 amide bonds. The van der Waals surface area contributed by atoms with Gasteiger partial charge in [0.25, 0.3) is 5.69 Å². The summed E-state index contributed by atoms with van der Waals surface area (Å²) in [4.78, 5) is 11.6. The summed E-state index contributed by atoms with van der Waals surface area (Å²) >= 11 is 1.74. The molecule has 128 valence electrons. The van der Waals surface area contributed by atoms with Gasteiger partial charge >= 0.3 is 5.76 Å². The fourth-order valence-corrected chi connectivity index (χ4v) is 4.28. The maximum Gasteiger partial charge on any atom is 0.341 e. The molecule has 1 heterocycles. The zero-order valence-corrected chi connectivity index (χ0v) is 14.1. The van der Waals surface area contributed by atoms with Gasteiger partial charge in [-0.2, -0.15) is 20.5 Å². The van der Waals surface area contributed by atoms with Crippen LogP contribution < -0.4 is 4.90 Å². The van der Waals surface area contributed by atoms with Crippen molar-refractivity contribution in [2.45, 2.75) is 35.8 Å². The second kappa shape index (κ2) is 6.60. The molecule has 0 aromatic heterocycles. The van der Waals surface area contributed by atoms with Crippen LogP contribution in [0.1, 0.15) is 13.8 Å². The number of halogens is 2. The number of anilines is 1. The highest BCUT2D eigenvalue weighted by Crippen LogP contribution is 2.36. The molecule has 2 atom stereocenters. The number of nitrogens with zero attached hydrogens (tertiary/aromatic N) is 2. The molecule has 2 rings (SSSR count). The highest BCUT2D eigenvalue weighted by molar-refractivity contribution is 8.00. The molecule has 1 aromatic carbocycles. The Morgan fingerprint density at radius 1 is 1.39 bits per heavy atom. The van der Waals surface area contributed by atoms with Gasteiger partial charge in [0.1, 0.15) is 5.69 Å². The summed E-state index contributed by atoms with van der Waals surface area (Å²) in [5.41, 5.74) is -0.222. The highest BCUT2D eigenvalue weighted by Gasteiger charge is 2.33. The van der Waals surface area contributed by atoms with Crippen molar-refractivity contribution in [1.29, 1.82) is 0 Å². The maximum absolute atomic E-state index is 12.6. The van der Waals surface area contributed by atoms with Crippen molar-refractivity contribution < 1.29 is 22.1 Å². The molecule has 0 spiro atoms. The van der Waals surface area contributed by atoms with E-state index in [-0.39, 0.29) is 17.0 Å². The predicted octanol–water partition coefficient (Wildman–Crippen LogP) is 2.92. The van der Waals surface area contributed by atoms with Gasteiger partial charge in [0.2, 0.25) is 9.84 Å². The molecule has 1 aromatic rings. The summed E-state index contributed by atoms with van der Waals surface area (Å²) in [5.74, 6) is -2.84. The molecule has 0 aliphatic carbocycles. The Labute approximate surface area is 136 Å². The third-order valence-corrected chi connectivity index (χ3v) is 6.62. The van der Waals surface area contributed by atoms with Crippen molar-refractivity contribution in [3.63, 3.8) is 0 Å². The molecule has 23 heavy (non-hydrogen) atoms. The Hall–Kier alpha value is -1.42. The van der Waals surface area contributed by atoms with Gasteiger partial charge in [0, 0.05) is 29.7 Å². The lowest BCUT2D eigenvalue weighted by atomic mass is 10.1. The van der Waals surface area contributed by atoms with E-state index in [0.29, 0.717) is 6.54 Å². The monoisotopic (exact) mass is 366 g/mol. The second-order valence-corrected chi connectivity index (χ2v) is 8.63. The van der Waals surface area contributed by atoms with Crippen LogP contribution in [0.15, 0.2) is 23.1 Å².